The van der Waals surface area contributed by atoms with Crippen LogP contribution in [0.1, 0.15) is 24.5 Å². The van der Waals surface area contributed by atoms with E-state index < -0.39 is 17.6 Å². The van der Waals surface area contributed by atoms with Gasteiger partial charge in [0, 0.05) is 12.6 Å². The molecule has 1 nitrogen and oxygen atoms in total. The van der Waals surface area contributed by atoms with Crippen LogP contribution in [0, 0.1) is 5.82 Å². The molecule has 1 N–H and O–H groups in total. The normalized spacial score (nSPS) is 13.6. The van der Waals surface area contributed by atoms with Crippen LogP contribution in [-0.4, -0.2) is 18.1 Å². The molecular weight excluding hydrogens is 278 g/mol. The molecule has 0 radical (unpaired) electrons. The van der Waals surface area contributed by atoms with Gasteiger partial charge in [0.1, 0.15) is 5.82 Å². The van der Waals surface area contributed by atoms with Crippen LogP contribution in [0.15, 0.2) is 18.2 Å². The van der Waals surface area contributed by atoms with E-state index in [1.165, 1.54) is 6.07 Å². The minimum atomic E-state index is -4.53. The van der Waals surface area contributed by atoms with Crippen molar-refractivity contribution in [2.45, 2.75) is 32.1 Å². The molecule has 0 saturated heterocycles. The minimum absolute atomic E-state index is 0.0740. The lowest BCUT2D eigenvalue weighted by Crippen LogP contribution is -2.27. The summed E-state index contributed by atoms with van der Waals surface area (Å²) in [6.07, 6.45) is -1.67. The number of benzene rings is 1. The second kappa shape index (κ2) is 7.14. The van der Waals surface area contributed by atoms with Crippen molar-refractivity contribution >= 4 is 11.8 Å². The van der Waals surface area contributed by atoms with Gasteiger partial charge in [-0.2, -0.15) is 24.9 Å². The average molecular weight is 295 g/mol. The Morgan fingerprint density at radius 2 is 2.00 bits per heavy atom. The fourth-order valence-electron chi connectivity index (χ4n) is 1.65. The first kappa shape index (κ1) is 16.3. The van der Waals surface area contributed by atoms with Crippen LogP contribution < -0.4 is 5.32 Å². The summed E-state index contributed by atoms with van der Waals surface area (Å²) in [5.74, 6) is 0.0792. The van der Waals surface area contributed by atoms with Gasteiger partial charge in [-0.1, -0.05) is 6.07 Å². The second-order valence-corrected chi connectivity index (χ2v) is 5.35. The fraction of sp³-hybridized carbons (Fsp3) is 0.538. The molecule has 108 valence electrons. The first-order valence-electron chi connectivity index (χ1n) is 5.92. The van der Waals surface area contributed by atoms with Gasteiger partial charge in [0.25, 0.3) is 0 Å². The number of halogens is 4. The predicted molar refractivity (Wildman–Crippen MR) is 70.7 cm³/mol. The van der Waals surface area contributed by atoms with E-state index in [2.05, 4.69) is 5.32 Å². The van der Waals surface area contributed by atoms with Gasteiger partial charge in [-0.15, -0.1) is 0 Å². The Labute approximate surface area is 114 Å². The van der Waals surface area contributed by atoms with E-state index in [-0.39, 0.29) is 18.2 Å². The van der Waals surface area contributed by atoms with Crippen LogP contribution in [0.2, 0.25) is 0 Å². The Balaban J connectivity index is 2.73. The average Bonchev–Trinajstić information content (AvgIpc) is 2.33. The van der Waals surface area contributed by atoms with Crippen LogP contribution >= 0.6 is 11.8 Å². The summed E-state index contributed by atoms with van der Waals surface area (Å²) in [4.78, 5) is 0. The lowest BCUT2D eigenvalue weighted by Gasteiger charge is -2.17. The van der Waals surface area contributed by atoms with Crippen LogP contribution in [0.3, 0.4) is 0 Å². The van der Waals surface area contributed by atoms with Crippen molar-refractivity contribution in [1.82, 2.24) is 5.32 Å². The van der Waals surface area contributed by atoms with Crippen molar-refractivity contribution in [3.05, 3.63) is 35.1 Å². The molecule has 0 amide bonds. The van der Waals surface area contributed by atoms with Gasteiger partial charge in [0.2, 0.25) is 0 Å². The third-order valence-corrected chi connectivity index (χ3v) is 3.42. The molecule has 1 aromatic carbocycles. The number of thioether (sulfide) groups is 1. The van der Waals surface area contributed by atoms with Gasteiger partial charge >= 0.3 is 6.18 Å². The fourth-order valence-corrected chi connectivity index (χ4v) is 2.24. The van der Waals surface area contributed by atoms with Crippen LogP contribution in [-0.2, 0) is 12.7 Å². The number of rotatable bonds is 6. The molecule has 0 spiro atoms. The molecule has 19 heavy (non-hydrogen) atoms. The van der Waals surface area contributed by atoms with Crippen molar-refractivity contribution < 1.29 is 17.6 Å². The molecule has 0 aliphatic rings. The molecule has 0 heterocycles. The molecule has 1 atom stereocenters. The summed E-state index contributed by atoms with van der Waals surface area (Å²) < 4.78 is 51.2. The van der Waals surface area contributed by atoms with E-state index in [1.54, 1.807) is 11.8 Å². The molecule has 1 rings (SSSR count). The Bertz CT molecular complexity index is 406. The van der Waals surface area contributed by atoms with E-state index in [9.17, 15) is 17.6 Å². The maximum Gasteiger partial charge on any atom is 0.416 e. The maximum absolute atomic E-state index is 12.9. The van der Waals surface area contributed by atoms with Crippen molar-refractivity contribution in [2.24, 2.45) is 0 Å². The highest BCUT2D eigenvalue weighted by Crippen LogP contribution is 2.32. The van der Waals surface area contributed by atoms with Crippen molar-refractivity contribution in [3.63, 3.8) is 0 Å². The summed E-state index contributed by atoms with van der Waals surface area (Å²) in [5, 5.41) is 3.03. The van der Waals surface area contributed by atoms with Gasteiger partial charge in [-0.05, 0) is 43.0 Å². The zero-order valence-corrected chi connectivity index (χ0v) is 11.7. The largest absolute Gasteiger partial charge is 0.416 e. The molecule has 6 heteroatoms. The standard InChI is InChI=1S/C13H17F4NS/c1-9(5-6-19-2)18-8-10-3-4-11(14)7-12(10)13(15,16)17/h3-4,7,9,18H,5-6,8H2,1-2H3. The smallest absolute Gasteiger partial charge is 0.310 e. The van der Waals surface area contributed by atoms with E-state index in [1.807, 2.05) is 13.2 Å². The van der Waals surface area contributed by atoms with E-state index >= 15 is 0 Å². The topological polar surface area (TPSA) is 12.0 Å². The SMILES string of the molecule is CSCCC(C)NCc1ccc(F)cc1C(F)(F)F. The number of hydrogen-bond donors (Lipinski definition) is 1. The Morgan fingerprint density at radius 3 is 2.58 bits per heavy atom. The number of nitrogens with one attached hydrogen (secondary N) is 1. The lowest BCUT2D eigenvalue weighted by molar-refractivity contribution is -0.138. The summed E-state index contributed by atoms with van der Waals surface area (Å²) in [6.45, 7) is 2.01. The molecule has 0 fully saturated rings. The summed E-state index contributed by atoms with van der Waals surface area (Å²) in [7, 11) is 0. The summed E-state index contributed by atoms with van der Waals surface area (Å²) >= 11 is 1.69. The number of alkyl halides is 3. The third kappa shape index (κ3) is 5.40. The van der Waals surface area contributed by atoms with Gasteiger partial charge in [0.15, 0.2) is 0 Å². The van der Waals surface area contributed by atoms with Crippen molar-refractivity contribution in [2.75, 3.05) is 12.0 Å². The van der Waals surface area contributed by atoms with Crippen molar-refractivity contribution in [1.29, 1.82) is 0 Å². The molecule has 1 aromatic rings. The second-order valence-electron chi connectivity index (χ2n) is 4.36. The van der Waals surface area contributed by atoms with E-state index in [0.29, 0.717) is 6.07 Å². The van der Waals surface area contributed by atoms with Crippen molar-refractivity contribution in [3.8, 4) is 0 Å². The monoisotopic (exact) mass is 295 g/mol. The Kier molecular flexibility index (Phi) is 6.13. The first-order chi connectivity index (χ1) is 8.84. The zero-order chi connectivity index (χ0) is 14.5. The summed E-state index contributed by atoms with van der Waals surface area (Å²) in [5.41, 5.74) is -0.832. The zero-order valence-electron chi connectivity index (χ0n) is 10.9. The van der Waals surface area contributed by atoms with E-state index in [4.69, 9.17) is 0 Å². The first-order valence-corrected chi connectivity index (χ1v) is 7.32. The molecule has 0 saturated carbocycles. The molecule has 0 aromatic heterocycles. The summed E-state index contributed by atoms with van der Waals surface area (Å²) in [6, 6.07) is 2.91. The number of hydrogen-bond acceptors (Lipinski definition) is 2. The highest BCUT2D eigenvalue weighted by Gasteiger charge is 2.33. The molecule has 1 unspecified atom stereocenters. The molecule has 0 bridgehead atoms. The maximum atomic E-state index is 12.9. The van der Waals surface area contributed by atoms with Gasteiger partial charge in [-0.25, -0.2) is 4.39 Å². The van der Waals surface area contributed by atoms with Crippen LogP contribution in [0.5, 0.6) is 0 Å². The third-order valence-electron chi connectivity index (χ3n) is 2.77. The van der Waals surface area contributed by atoms with Gasteiger partial charge in [0.05, 0.1) is 5.56 Å². The Hall–Kier alpha value is -0.750. The quantitative estimate of drug-likeness (QED) is 0.794. The lowest BCUT2D eigenvalue weighted by atomic mass is 10.1. The highest BCUT2D eigenvalue weighted by atomic mass is 32.2. The predicted octanol–water partition coefficient (Wildman–Crippen LogP) is 4.08. The molecule has 0 aliphatic carbocycles. The van der Waals surface area contributed by atoms with Crippen LogP contribution in [0.4, 0.5) is 17.6 Å². The highest BCUT2D eigenvalue weighted by molar-refractivity contribution is 7.98. The molecular formula is C13H17F4NS. The minimum Gasteiger partial charge on any atom is -0.310 e. The molecule has 0 aliphatic heterocycles. The van der Waals surface area contributed by atoms with Gasteiger partial charge in [-0.3, -0.25) is 0 Å². The van der Waals surface area contributed by atoms with Crippen LogP contribution in [0.25, 0.3) is 0 Å². The van der Waals surface area contributed by atoms with E-state index in [0.717, 1.165) is 18.2 Å². The van der Waals surface area contributed by atoms with Gasteiger partial charge < -0.3 is 5.32 Å². The Morgan fingerprint density at radius 1 is 1.32 bits per heavy atom.